The molecular formula is C11H15NO2S. The highest BCUT2D eigenvalue weighted by atomic mass is 32.2. The molecule has 0 aliphatic carbocycles. The first-order valence-electron chi connectivity index (χ1n) is 4.68. The molecule has 0 unspecified atom stereocenters. The predicted octanol–water partition coefficient (Wildman–Crippen LogP) is 2.10. The van der Waals surface area contributed by atoms with E-state index in [1.807, 2.05) is 25.3 Å². The zero-order valence-corrected chi connectivity index (χ0v) is 9.76. The first-order chi connectivity index (χ1) is 7.16. The van der Waals surface area contributed by atoms with Crippen molar-refractivity contribution in [3.63, 3.8) is 0 Å². The van der Waals surface area contributed by atoms with Crippen molar-refractivity contribution in [3.8, 4) is 0 Å². The fraction of sp³-hybridized carbons (Fsp3) is 0.364. The zero-order chi connectivity index (χ0) is 11.3. The van der Waals surface area contributed by atoms with Gasteiger partial charge in [0.1, 0.15) is 6.61 Å². The summed E-state index contributed by atoms with van der Waals surface area (Å²) in [6.07, 6.45) is 1.97. The molecular weight excluding hydrogens is 210 g/mol. The molecule has 0 aliphatic rings. The fourth-order valence-corrected chi connectivity index (χ4v) is 1.51. The van der Waals surface area contributed by atoms with Gasteiger partial charge in [-0.15, -0.1) is 0 Å². The number of aryl methyl sites for hydroxylation is 1. The van der Waals surface area contributed by atoms with Crippen LogP contribution in [0.2, 0.25) is 0 Å². The van der Waals surface area contributed by atoms with Crippen LogP contribution in [0, 0.1) is 6.92 Å². The normalized spacial score (nSPS) is 10.0. The summed E-state index contributed by atoms with van der Waals surface area (Å²) in [6, 6.07) is 5.38. The number of rotatable bonds is 4. The highest BCUT2D eigenvalue weighted by Gasteiger charge is 2.13. The van der Waals surface area contributed by atoms with Crippen molar-refractivity contribution in [2.45, 2.75) is 6.92 Å². The number of esters is 1. The van der Waals surface area contributed by atoms with Crippen molar-refractivity contribution in [1.29, 1.82) is 0 Å². The first kappa shape index (κ1) is 11.9. The lowest BCUT2D eigenvalue weighted by Gasteiger charge is -2.08. The lowest BCUT2D eigenvalue weighted by Crippen LogP contribution is -2.11. The Morgan fingerprint density at radius 2 is 2.27 bits per heavy atom. The molecule has 3 nitrogen and oxygen atoms in total. The van der Waals surface area contributed by atoms with Gasteiger partial charge in [-0.3, -0.25) is 0 Å². The molecule has 15 heavy (non-hydrogen) atoms. The molecule has 1 aromatic rings. The highest BCUT2D eigenvalue weighted by molar-refractivity contribution is 7.98. The molecule has 0 saturated heterocycles. The number of carbonyl (C=O) groups excluding carboxylic acids is 1. The van der Waals surface area contributed by atoms with Crippen LogP contribution < -0.4 is 5.73 Å². The van der Waals surface area contributed by atoms with Gasteiger partial charge in [0.2, 0.25) is 0 Å². The van der Waals surface area contributed by atoms with Gasteiger partial charge in [-0.1, -0.05) is 12.1 Å². The van der Waals surface area contributed by atoms with Crippen LogP contribution in [0.1, 0.15) is 15.9 Å². The molecule has 0 saturated carbocycles. The number of thioether (sulfide) groups is 1. The number of nitrogen functional groups attached to an aromatic ring is 1. The molecule has 2 N–H and O–H groups in total. The van der Waals surface area contributed by atoms with E-state index in [4.69, 9.17) is 10.5 Å². The van der Waals surface area contributed by atoms with E-state index in [-0.39, 0.29) is 5.97 Å². The molecule has 0 amide bonds. The molecule has 4 heteroatoms. The number of hydrogen-bond acceptors (Lipinski definition) is 4. The summed E-state index contributed by atoms with van der Waals surface area (Å²) in [4.78, 5) is 11.6. The standard InChI is InChI=1S/C11H15NO2S/c1-8-4-3-5-9(12)10(8)11(13)14-6-7-15-2/h3-5H,6-7,12H2,1-2H3. The maximum Gasteiger partial charge on any atom is 0.340 e. The maximum atomic E-state index is 11.6. The molecule has 1 rings (SSSR count). The van der Waals surface area contributed by atoms with E-state index in [0.29, 0.717) is 17.9 Å². The summed E-state index contributed by atoms with van der Waals surface area (Å²) >= 11 is 1.64. The quantitative estimate of drug-likeness (QED) is 0.484. The van der Waals surface area contributed by atoms with E-state index >= 15 is 0 Å². The minimum atomic E-state index is -0.334. The molecule has 1 aromatic carbocycles. The lowest BCUT2D eigenvalue weighted by atomic mass is 10.1. The molecule has 0 fully saturated rings. The Morgan fingerprint density at radius 1 is 1.53 bits per heavy atom. The Hall–Kier alpha value is -1.16. The van der Waals surface area contributed by atoms with E-state index in [2.05, 4.69) is 0 Å². The number of carbonyl (C=O) groups is 1. The van der Waals surface area contributed by atoms with Gasteiger partial charge in [-0.25, -0.2) is 4.79 Å². The van der Waals surface area contributed by atoms with Crippen molar-refractivity contribution in [2.75, 3.05) is 24.3 Å². The average molecular weight is 225 g/mol. The van der Waals surface area contributed by atoms with E-state index in [1.54, 1.807) is 17.8 Å². The second kappa shape index (κ2) is 5.66. The summed E-state index contributed by atoms with van der Waals surface area (Å²) in [5, 5.41) is 0. The van der Waals surface area contributed by atoms with Gasteiger partial charge in [0.15, 0.2) is 0 Å². The fourth-order valence-electron chi connectivity index (χ4n) is 1.26. The molecule has 0 spiro atoms. The van der Waals surface area contributed by atoms with Crippen LogP contribution in [0.4, 0.5) is 5.69 Å². The summed E-state index contributed by atoms with van der Waals surface area (Å²) in [7, 11) is 0. The summed E-state index contributed by atoms with van der Waals surface area (Å²) < 4.78 is 5.09. The van der Waals surface area contributed by atoms with Crippen LogP contribution in [-0.4, -0.2) is 24.6 Å². The molecule has 0 radical (unpaired) electrons. The van der Waals surface area contributed by atoms with Gasteiger partial charge in [-0.2, -0.15) is 11.8 Å². The monoisotopic (exact) mass is 225 g/mol. The summed E-state index contributed by atoms with van der Waals surface area (Å²) in [5.74, 6) is 0.469. The van der Waals surface area contributed by atoms with Gasteiger partial charge >= 0.3 is 5.97 Å². The molecule has 82 valence electrons. The minimum Gasteiger partial charge on any atom is -0.461 e. The number of ether oxygens (including phenoxy) is 1. The van der Waals surface area contributed by atoms with Crippen LogP contribution in [0.3, 0.4) is 0 Å². The third kappa shape index (κ3) is 3.16. The van der Waals surface area contributed by atoms with Crippen LogP contribution in [-0.2, 0) is 4.74 Å². The first-order valence-corrected chi connectivity index (χ1v) is 6.07. The largest absolute Gasteiger partial charge is 0.461 e. The second-order valence-electron chi connectivity index (χ2n) is 3.17. The Labute approximate surface area is 94.0 Å². The topological polar surface area (TPSA) is 52.3 Å². The van der Waals surface area contributed by atoms with Crippen LogP contribution in [0.15, 0.2) is 18.2 Å². The molecule has 0 heterocycles. The highest BCUT2D eigenvalue weighted by Crippen LogP contribution is 2.17. The van der Waals surface area contributed by atoms with Crippen molar-refractivity contribution in [1.82, 2.24) is 0 Å². The minimum absolute atomic E-state index is 0.334. The van der Waals surface area contributed by atoms with Crippen LogP contribution in [0.25, 0.3) is 0 Å². The lowest BCUT2D eigenvalue weighted by molar-refractivity contribution is 0.0531. The van der Waals surface area contributed by atoms with Crippen LogP contribution >= 0.6 is 11.8 Å². The Bertz CT molecular complexity index is 332. The summed E-state index contributed by atoms with van der Waals surface area (Å²) in [6.45, 7) is 2.27. The number of anilines is 1. The van der Waals surface area contributed by atoms with E-state index in [9.17, 15) is 4.79 Å². The Balaban J connectivity index is 2.73. The smallest absolute Gasteiger partial charge is 0.340 e. The van der Waals surface area contributed by atoms with E-state index in [1.165, 1.54) is 0 Å². The average Bonchev–Trinajstić information content (AvgIpc) is 2.18. The van der Waals surface area contributed by atoms with Crippen molar-refractivity contribution in [3.05, 3.63) is 29.3 Å². The predicted molar refractivity (Wildman–Crippen MR) is 64.3 cm³/mol. The number of benzene rings is 1. The van der Waals surface area contributed by atoms with Crippen molar-refractivity contribution in [2.24, 2.45) is 0 Å². The van der Waals surface area contributed by atoms with E-state index < -0.39 is 0 Å². The molecule has 0 aliphatic heterocycles. The third-order valence-electron chi connectivity index (χ3n) is 2.03. The van der Waals surface area contributed by atoms with Crippen molar-refractivity contribution < 1.29 is 9.53 Å². The van der Waals surface area contributed by atoms with Gasteiger partial charge < -0.3 is 10.5 Å². The van der Waals surface area contributed by atoms with Gasteiger partial charge in [-0.05, 0) is 24.8 Å². The third-order valence-corrected chi connectivity index (χ3v) is 2.60. The van der Waals surface area contributed by atoms with Gasteiger partial charge in [0.05, 0.1) is 5.56 Å². The molecule has 0 atom stereocenters. The van der Waals surface area contributed by atoms with Crippen LogP contribution in [0.5, 0.6) is 0 Å². The number of nitrogens with two attached hydrogens (primary N) is 1. The SMILES string of the molecule is CSCCOC(=O)c1c(C)cccc1N. The summed E-state index contributed by atoms with van der Waals surface area (Å²) in [5.41, 5.74) is 7.53. The van der Waals surface area contributed by atoms with E-state index in [0.717, 1.165) is 11.3 Å². The second-order valence-corrected chi connectivity index (χ2v) is 4.15. The Kier molecular flexibility index (Phi) is 4.49. The number of hydrogen-bond donors (Lipinski definition) is 1. The molecule has 0 bridgehead atoms. The maximum absolute atomic E-state index is 11.6. The van der Waals surface area contributed by atoms with Gasteiger partial charge in [0.25, 0.3) is 0 Å². The zero-order valence-electron chi connectivity index (χ0n) is 8.95. The van der Waals surface area contributed by atoms with Crippen molar-refractivity contribution >= 4 is 23.4 Å². The Morgan fingerprint density at radius 3 is 2.87 bits per heavy atom. The van der Waals surface area contributed by atoms with Gasteiger partial charge in [0, 0.05) is 11.4 Å². The molecule has 0 aromatic heterocycles.